The number of carbonyl (C=O) groups is 1. The summed E-state index contributed by atoms with van der Waals surface area (Å²) in [5.74, 6) is 0.736. The molecule has 8 nitrogen and oxygen atoms in total. The Morgan fingerprint density at radius 3 is 2.57 bits per heavy atom. The van der Waals surface area contributed by atoms with E-state index in [2.05, 4.69) is 10.3 Å². The fraction of sp³-hybridized carbons (Fsp3) is 0.407. The number of pyridine rings is 1. The molecular formula is C27H32N4O4. The van der Waals surface area contributed by atoms with Gasteiger partial charge in [-0.1, -0.05) is 38.3 Å². The molecule has 1 aromatic heterocycles. The SMILES string of the molecule is CCC(C(=O)NC1CCCCC1)N(Cc1ccc(OC)cc1)c1ccc([N+](=O)[O-])c2cccnc12. The summed E-state index contributed by atoms with van der Waals surface area (Å²) in [6, 6.07) is 14.1. The Morgan fingerprint density at radius 2 is 1.91 bits per heavy atom. The number of hydrogen-bond donors (Lipinski definition) is 1. The maximum atomic E-state index is 13.6. The van der Waals surface area contributed by atoms with Gasteiger partial charge in [-0.15, -0.1) is 0 Å². The van der Waals surface area contributed by atoms with E-state index in [0.717, 1.165) is 37.0 Å². The number of anilines is 1. The molecule has 1 aliphatic carbocycles. The molecule has 1 atom stereocenters. The van der Waals surface area contributed by atoms with Crippen LogP contribution >= 0.6 is 0 Å². The first kappa shape index (κ1) is 24.4. The van der Waals surface area contributed by atoms with Gasteiger partial charge in [-0.3, -0.25) is 19.9 Å². The van der Waals surface area contributed by atoms with E-state index in [0.29, 0.717) is 29.6 Å². The monoisotopic (exact) mass is 476 g/mol. The van der Waals surface area contributed by atoms with Gasteiger partial charge >= 0.3 is 0 Å². The van der Waals surface area contributed by atoms with Crippen LogP contribution in [-0.4, -0.2) is 35.0 Å². The lowest BCUT2D eigenvalue weighted by Gasteiger charge is -2.34. The highest BCUT2D eigenvalue weighted by molar-refractivity contribution is 5.98. The Labute approximate surface area is 205 Å². The van der Waals surface area contributed by atoms with Crippen molar-refractivity contribution in [3.8, 4) is 5.75 Å². The summed E-state index contributed by atoms with van der Waals surface area (Å²) in [4.78, 5) is 31.4. The molecule has 2 aromatic carbocycles. The van der Waals surface area contributed by atoms with Gasteiger partial charge in [-0.25, -0.2) is 0 Å². The minimum atomic E-state index is -0.453. The van der Waals surface area contributed by atoms with Crippen molar-refractivity contribution in [1.82, 2.24) is 10.3 Å². The van der Waals surface area contributed by atoms with Crippen molar-refractivity contribution < 1.29 is 14.5 Å². The highest BCUT2D eigenvalue weighted by Crippen LogP contribution is 2.34. The number of rotatable bonds is 9. The van der Waals surface area contributed by atoms with Crippen LogP contribution in [0.3, 0.4) is 0 Å². The molecule has 0 spiro atoms. The second-order valence-electron chi connectivity index (χ2n) is 9.00. The minimum Gasteiger partial charge on any atom is -0.497 e. The fourth-order valence-corrected chi connectivity index (χ4v) is 4.92. The predicted molar refractivity (Wildman–Crippen MR) is 137 cm³/mol. The van der Waals surface area contributed by atoms with E-state index in [1.165, 1.54) is 12.5 Å². The van der Waals surface area contributed by atoms with Crippen molar-refractivity contribution in [2.45, 2.75) is 64.1 Å². The number of fused-ring (bicyclic) bond motifs is 1. The number of methoxy groups -OCH3 is 1. The van der Waals surface area contributed by atoms with Gasteiger partial charge in [0.1, 0.15) is 17.3 Å². The third kappa shape index (κ3) is 5.53. The Kier molecular flexibility index (Phi) is 7.80. The third-order valence-electron chi connectivity index (χ3n) is 6.76. The zero-order valence-corrected chi connectivity index (χ0v) is 20.3. The number of nitrogens with zero attached hydrogens (tertiary/aromatic N) is 3. The van der Waals surface area contributed by atoms with Crippen LogP contribution in [0.15, 0.2) is 54.7 Å². The van der Waals surface area contributed by atoms with E-state index in [4.69, 9.17) is 4.74 Å². The van der Waals surface area contributed by atoms with Crippen LogP contribution in [0.5, 0.6) is 5.75 Å². The van der Waals surface area contributed by atoms with Crippen LogP contribution < -0.4 is 15.0 Å². The molecule has 0 bridgehead atoms. The molecule has 1 fully saturated rings. The summed E-state index contributed by atoms with van der Waals surface area (Å²) in [7, 11) is 1.62. The van der Waals surface area contributed by atoms with E-state index >= 15 is 0 Å². The van der Waals surface area contributed by atoms with Crippen molar-refractivity contribution in [2.75, 3.05) is 12.0 Å². The van der Waals surface area contributed by atoms with Gasteiger partial charge in [0.05, 0.1) is 23.1 Å². The van der Waals surface area contributed by atoms with Gasteiger partial charge in [0.2, 0.25) is 5.91 Å². The number of amides is 1. The molecule has 0 aliphatic heterocycles. The lowest BCUT2D eigenvalue weighted by Crippen LogP contribution is -2.50. The molecule has 184 valence electrons. The molecule has 0 saturated heterocycles. The zero-order chi connectivity index (χ0) is 24.8. The largest absolute Gasteiger partial charge is 0.497 e. The molecule has 1 amide bonds. The number of nitro groups is 1. The van der Waals surface area contributed by atoms with Gasteiger partial charge in [0.15, 0.2) is 0 Å². The number of hydrogen-bond acceptors (Lipinski definition) is 6. The average molecular weight is 477 g/mol. The van der Waals surface area contributed by atoms with Crippen LogP contribution in [0.4, 0.5) is 11.4 Å². The van der Waals surface area contributed by atoms with Crippen LogP contribution in [0.25, 0.3) is 10.9 Å². The number of aromatic nitrogens is 1. The maximum absolute atomic E-state index is 13.6. The number of nitro benzene ring substituents is 1. The predicted octanol–water partition coefficient (Wildman–Crippen LogP) is 5.39. The zero-order valence-electron chi connectivity index (χ0n) is 20.3. The highest BCUT2D eigenvalue weighted by Gasteiger charge is 2.29. The topological polar surface area (TPSA) is 97.6 Å². The molecule has 1 heterocycles. The molecule has 1 N–H and O–H groups in total. The van der Waals surface area contributed by atoms with E-state index < -0.39 is 11.0 Å². The Bertz CT molecular complexity index is 1180. The standard InChI is InChI=1S/C27H32N4O4/c1-3-23(27(32)29-20-8-5-4-6-9-20)30(18-19-11-13-21(35-2)14-12-19)25-16-15-24(31(33)34)22-10-7-17-28-26(22)25/h7,10-17,20,23H,3-6,8-9,18H2,1-2H3,(H,29,32). The second-order valence-corrected chi connectivity index (χ2v) is 9.00. The van der Waals surface area contributed by atoms with E-state index in [1.807, 2.05) is 36.1 Å². The first-order valence-corrected chi connectivity index (χ1v) is 12.2. The lowest BCUT2D eigenvalue weighted by molar-refractivity contribution is -0.383. The van der Waals surface area contributed by atoms with Crippen molar-refractivity contribution in [3.63, 3.8) is 0 Å². The van der Waals surface area contributed by atoms with Crippen molar-refractivity contribution in [1.29, 1.82) is 0 Å². The second kappa shape index (κ2) is 11.2. The smallest absolute Gasteiger partial charge is 0.278 e. The summed E-state index contributed by atoms with van der Waals surface area (Å²) < 4.78 is 5.29. The van der Waals surface area contributed by atoms with Gasteiger partial charge in [0.25, 0.3) is 5.69 Å². The van der Waals surface area contributed by atoms with Crippen LogP contribution in [0.1, 0.15) is 51.0 Å². The molecular weight excluding hydrogens is 444 g/mol. The molecule has 1 saturated carbocycles. The van der Waals surface area contributed by atoms with Gasteiger partial charge < -0.3 is 15.0 Å². The maximum Gasteiger partial charge on any atom is 0.278 e. The quantitative estimate of drug-likeness (QED) is 0.329. The summed E-state index contributed by atoms with van der Waals surface area (Å²) in [5.41, 5.74) is 2.21. The summed E-state index contributed by atoms with van der Waals surface area (Å²) in [5, 5.41) is 15.4. The number of ether oxygens (including phenoxy) is 1. The van der Waals surface area contributed by atoms with Crippen molar-refractivity contribution >= 4 is 28.2 Å². The molecule has 4 rings (SSSR count). The number of carbonyl (C=O) groups excluding carboxylic acids is 1. The summed E-state index contributed by atoms with van der Waals surface area (Å²) in [6.07, 6.45) is 7.70. The van der Waals surface area contributed by atoms with Crippen molar-refractivity contribution in [2.24, 2.45) is 0 Å². The van der Waals surface area contributed by atoms with Gasteiger partial charge in [-0.2, -0.15) is 0 Å². The summed E-state index contributed by atoms with van der Waals surface area (Å²) in [6.45, 7) is 2.44. The van der Waals surface area contributed by atoms with Crippen molar-refractivity contribution in [3.05, 3.63) is 70.4 Å². The molecule has 3 aromatic rings. The fourth-order valence-electron chi connectivity index (χ4n) is 4.92. The van der Waals surface area contributed by atoms with Crippen LogP contribution in [0, 0.1) is 10.1 Å². The van der Waals surface area contributed by atoms with E-state index in [-0.39, 0.29) is 17.6 Å². The first-order chi connectivity index (χ1) is 17.0. The lowest BCUT2D eigenvalue weighted by atomic mass is 9.95. The number of non-ortho nitro benzene ring substituents is 1. The molecule has 1 unspecified atom stereocenters. The first-order valence-electron chi connectivity index (χ1n) is 12.2. The average Bonchev–Trinajstić information content (AvgIpc) is 2.88. The molecule has 35 heavy (non-hydrogen) atoms. The Balaban J connectivity index is 1.75. The van der Waals surface area contributed by atoms with E-state index in [1.54, 1.807) is 31.5 Å². The van der Waals surface area contributed by atoms with Crippen LogP contribution in [0.2, 0.25) is 0 Å². The highest BCUT2D eigenvalue weighted by atomic mass is 16.6. The van der Waals surface area contributed by atoms with Gasteiger partial charge in [-0.05, 0) is 55.2 Å². The normalized spacial score (nSPS) is 14.9. The summed E-state index contributed by atoms with van der Waals surface area (Å²) >= 11 is 0. The number of benzene rings is 2. The van der Waals surface area contributed by atoms with Crippen LogP contribution in [-0.2, 0) is 11.3 Å². The molecule has 8 heteroatoms. The van der Waals surface area contributed by atoms with Gasteiger partial charge in [0, 0.05) is 24.8 Å². The molecule has 1 aliphatic rings. The Morgan fingerprint density at radius 1 is 1.17 bits per heavy atom. The minimum absolute atomic E-state index is 0.000882. The third-order valence-corrected chi connectivity index (χ3v) is 6.76. The Hall–Kier alpha value is -3.68. The number of nitrogens with one attached hydrogen (secondary N) is 1. The van der Waals surface area contributed by atoms with E-state index in [9.17, 15) is 14.9 Å². The molecule has 0 radical (unpaired) electrons.